The maximum atomic E-state index is 13.3. The van der Waals surface area contributed by atoms with Crippen LogP contribution in [0.3, 0.4) is 0 Å². The third-order valence-corrected chi connectivity index (χ3v) is 7.94. The molecule has 0 fully saturated rings. The first-order valence-corrected chi connectivity index (χ1v) is 16.9. The van der Waals surface area contributed by atoms with Crippen molar-refractivity contribution in [2.75, 3.05) is 23.7 Å². The summed E-state index contributed by atoms with van der Waals surface area (Å²) < 4.78 is 15.3. The van der Waals surface area contributed by atoms with Crippen LogP contribution in [0.15, 0.2) is 101 Å². The number of hydrogen-bond acceptors (Lipinski definition) is 12. The zero-order valence-corrected chi connectivity index (χ0v) is 29.4. The van der Waals surface area contributed by atoms with Gasteiger partial charge in [-0.3, -0.25) is 19.2 Å². The van der Waals surface area contributed by atoms with Gasteiger partial charge in [0, 0.05) is 77.0 Å². The van der Waals surface area contributed by atoms with Crippen molar-refractivity contribution in [2.24, 2.45) is 0 Å². The number of nitrogens with one attached hydrogen (secondary N) is 4. The quantitative estimate of drug-likeness (QED) is 0.126. The van der Waals surface area contributed by atoms with Gasteiger partial charge in [-0.2, -0.15) is 10.2 Å². The predicted octanol–water partition coefficient (Wildman–Crippen LogP) is 3.49. The molecule has 0 atom stereocenters. The Balaban J connectivity index is 1.12. The third kappa shape index (κ3) is 9.71. The molecule has 0 spiro atoms. The molecule has 0 saturated carbocycles. The van der Waals surface area contributed by atoms with Crippen molar-refractivity contribution in [2.45, 2.75) is 26.4 Å². The molecule has 0 saturated heterocycles. The highest BCUT2D eigenvalue weighted by Crippen LogP contribution is 2.20. The molecule has 0 unspecified atom stereocenters. The number of carbonyl (C=O) groups excluding carboxylic acids is 2. The van der Waals surface area contributed by atoms with Gasteiger partial charge in [0.1, 0.15) is 18.9 Å². The number of aromatic nitrogens is 8. The molecule has 274 valence electrons. The Bertz CT molecular complexity index is 2370. The predicted molar refractivity (Wildman–Crippen MR) is 199 cm³/mol. The van der Waals surface area contributed by atoms with Gasteiger partial charge in [0.05, 0.1) is 11.4 Å². The summed E-state index contributed by atoms with van der Waals surface area (Å²) in [4.78, 5) is 68.5. The van der Waals surface area contributed by atoms with Crippen LogP contribution < -0.4 is 32.4 Å². The van der Waals surface area contributed by atoms with Crippen LogP contribution in [-0.2, 0) is 29.1 Å². The van der Waals surface area contributed by atoms with E-state index in [1.54, 1.807) is 49.4 Å². The van der Waals surface area contributed by atoms with Crippen LogP contribution in [0.5, 0.6) is 0 Å². The summed E-state index contributed by atoms with van der Waals surface area (Å²) >= 11 is 5.94. The van der Waals surface area contributed by atoms with Crippen molar-refractivity contribution in [1.82, 2.24) is 50.1 Å². The zero-order valence-electron chi connectivity index (χ0n) is 28.7. The van der Waals surface area contributed by atoms with Gasteiger partial charge >= 0.3 is 0 Å². The van der Waals surface area contributed by atoms with Gasteiger partial charge in [-0.15, -0.1) is 0 Å². The van der Waals surface area contributed by atoms with Crippen molar-refractivity contribution in [1.29, 1.82) is 0 Å². The van der Waals surface area contributed by atoms with Crippen LogP contribution >= 0.6 is 11.6 Å². The summed E-state index contributed by atoms with van der Waals surface area (Å²) in [6.07, 6.45) is 6.14. The molecule has 0 aliphatic carbocycles. The number of nitrogens with zero attached hydrogens (tertiary/aromatic N) is 8. The Hall–Kier alpha value is -6.88. The van der Waals surface area contributed by atoms with E-state index >= 15 is 0 Å². The lowest BCUT2D eigenvalue weighted by molar-refractivity contribution is -0.122. The Morgan fingerprint density at radius 2 is 1.24 bits per heavy atom. The summed E-state index contributed by atoms with van der Waals surface area (Å²) in [6, 6.07) is 17.1. The molecule has 0 radical (unpaired) electrons. The smallest absolute Gasteiger partial charge is 0.270 e. The lowest BCUT2D eigenvalue weighted by Crippen LogP contribution is -2.37. The summed E-state index contributed by atoms with van der Waals surface area (Å²) in [5.41, 5.74) is 2.26. The molecular formula is C36H32ClFN12O4. The van der Waals surface area contributed by atoms with E-state index in [0.29, 0.717) is 45.7 Å². The second-order valence-corrected chi connectivity index (χ2v) is 12.1. The molecule has 18 heteroatoms. The average molecular weight is 751 g/mol. The fraction of sp³-hybridized carbons (Fsp3) is 0.167. The highest BCUT2D eigenvalue weighted by Gasteiger charge is 2.15. The second-order valence-electron chi connectivity index (χ2n) is 11.6. The number of benzene rings is 2. The molecule has 6 aromatic rings. The van der Waals surface area contributed by atoms with Crippen LogP contribution in [-0.4, -0.2) is 64.4 Å². The van der Waals surface area contributed by atoms with Crippen molar-refractivity contribution in [3.05, 3.63) is 129 Å². The van der Waals surface area contributed by atoms with Crippen molar-refractivity contribution < 1.29 is 14.0 Å². The van der Waals surface area contributed by atoms with Crippen LogP contribution in [0.25, 0.3) is 22.5 Å². The van der Waals surface area contributed by atoms with Gasteiger partial charge < -0.3 is 21.3 Å². The minimum atomic E-state index is -0.518. The van der Waals surface area contributed by atoms with Crippen LogP contribution in [0.2, 0.25) is 5.02 Å². The molecule has 4 aromatic heterocycles. The van der Waals surface area contributed by atoms with E-state index in [0.717, 1.165) is 15.1 Å². The van der Waals surface area contributed by atoms with E-state index in [4.69, 9.17) is 11.6 Å². The lowest BCUT2D eigenvalue weighted by Gasteiger charge is -2.12. The van der Waals surface area contributed by atoms with Crippen LogP contribution in [0.4, 0.5) is 27.7 Å². The molecule has 2 amide bonds. The number of rotatable bonds is 14. The first-order valence-electron chi connectivity index (χ1n) is 16.6. The average Bonchev–Trinajstić information content (AvgIpc) is 3.16. The maximum Gasteiger partial charge on any atom is 0.270 e. The van der Waals surface area contributed by atoms with E-state index in [2.05, 4.69) is 51.4 Å². The minimum absolute atomic E-state index is 0.0279. The van der Waals surface area contributed by atoms with Gasteiger partial charge in [-0.1, -0.05) is 11.6 Å². The van der Waals surface area contributed by atoms with Gasteiger partial charge in [0.25, 0.3) is 11.1 Å². The molecule has 4 N–H and O–H groups in total. The molecule has 0 aliphatic rings. The largest absolute Gasteiger partial charge is 0.355 e. The fourth-order valence-corrected chi connectivity index (χ4v) is 5.16. The monoisotopic (exact) mass is 750 g/mol. The molecule has 54 heavy (non-hydrogen) atoms. The normalized spacial score (nSPS) is 10.8. The number of hydrogen-bond donors (Lipinski definition) is 4. The van der Waals surface area contributed by atoms with E-state index in [1.165, 1.54) is 49.1 Å². The topological polar surface area (TPSA) is 204 Å². The number of amides is 2. The molecule has 0 bridgehead atoms. The lowest BCUT2D eigenvalue weighted by atomic mass is 10.1. The third-order valence-electron chi connectivity index (χ3n) is 7.69. The number of carbonyl (C=O) groups is 2. The molecule has 2 aromatic carbocycles. The van der Waals surface area contributed by atoms with Crippen molar-refractivity contribution in [3.63, 3.8) is 0 Å². The summed E-state index contributed by atoms with van der Waals surface area (Å²) in [5, 5.41) is 20.7. The molecule has 6 rings (SSSR count). The SMILES string of the molecule is CCNC(=O)Cn1nc(-c2cnc(Nc3ccc(F)cc3)nc2)cc(CCNC(=O)Cn2nc(-c3cnc(Nc4ccc(Cl)cc4)nc3)ccc2=O)c1=O. The molecule has 4 heterocycles. The minimum Gasteiger partial charge on any atom is -0.355 e. The Morgan fingerprint density at radius 3 is 1.85 bits per heavy atom. The van der Waals surface area contributed by atoms with Crippen molar-refractivity contribution >= 4 is 46.7 Å². The first kappa shape index (κ1) is 36.9. The Kier molecular flexibility index (Phi) is 11.7. The standard InChI is InChI=1S/C36H32ClFN12O4/c1-2-39-31(51)21-50-34(54)22(15-30(48-50)24-18-43-36(44-19-24)46-28-9-5-26(38)6-10-28)13-14-40-32(52)20-49-33(53)12-11-29(47-49)23-16-41-35(42-17-23)45-27-7-3-25(37)4-8-27/h3-12,15-19H,2,13-14,20-21H2,1H3,(H,39,51)(H,40,52)(H,41,42,45)(H,43,44,46). The summed E-state index contributed by atoms with van der Waals surface area (Å²) in [5.74, 6) is -0.715. The highest BCUT2D eigenvalue weighted by molar-refractivity contribution is 6.30. The Morgan fingerprint density at radius 1 is 0.704 bits per heavy atom. The maximum absolute atomic E-state index is 13.3. The molecular weight excluding hydrogens is 719 g/mol. The fourth-order valence-electron chi connectivity index (χ4n) is 5.03. The van der Waals surface area contributed by atoms with E-state index < -0.39 is 22.9 Å². The molecule has 16 nitrogen and oxygen atoms in total. The summed E-state index contributed by atoms with van der Waals surface area (Å²) in [7, 11) is 0. The Labute approximate surface area is 311 Å². The summed E-state index contributed by atoms with van der Waals surface area (Å²) in [6.45, 7) is 1.43. The van der Waals surface area contributed by atoms with Crippen molar-refractivity contribution in [3.8, 4) is 22.5 Å². The molecule has 0 aliphatic heterocycles. The van der Waals surface area contributed by atoms with Gasteiger partial charge in [-0.05, 0) is 74.0 Å². The number of anilines is 4. The van der Waals surface area contributed by atoms with E-state index in [9.17, 15) is 23.6 Å². The number of likely N-dealkylation sites (N-methyl/N-ethyl adjacent to an activating group) is 1. The van der Waals surface area contributed by atoms with Gasteiger partial charge in [0.2, 0.25) is 23.7 Å². The van der Waals surface area contributed by atoms with Crippen LogP contribution in [0, 0.1) is 5.82 Å². The number of halogens is 2. The second kappa shape index (κ2) is 17.1. The highest BCUT2D eigenvalue weighted by atomic mass is 35.5. The first-order chi connectivity index (χ1) is 26.1. The van der Waals surface area contributed by atoms with Gasteiger partial charge in [0.15, 0.2) is 0 Å². The zero-order chi connectivity index (χ0) is 38.0. The van der Waals surface area contributed by atoms with Gasteiger partial charge in [-0.25, -0.2) is 33.7 Å². The van der Waals surface area contributed by atoms with Crippen LogP contribution in [0.1, 0.15) is 12.5 Å². The van der Waals surface area contributed by atoms with E-state index in [1.807, 2.05) is 0 Å². The van der Waals surface area contributed by atoms with E-state index in [-0.39, 0.29) is 43.4 Å².